The highest BCUT2D eigenvalue weighted by atomic mass is 16.1. The smallest absolute Gasteiger partial charge is 0.224 e. The summed E-state index contributed by atoms with van der Waals surface area (Å²) in [6.07, 6.45) is 3.86. The molecule has 31 heavy (non-hydrogen) atoms. The lowest BCUT2D eigenvalue weighted by atomic mass is 10.2. The lowest BCUT2D eigenvalue weighted by Crippen LogP contribution is -2.44. The van der Waals surface area contributed by atoms with Crippen molar-refractivity contribution in [1.82, 2.24) is 15.5 Å². The molecule has 1 heterocycles. The average Bonchev–Trinajstić information content (AvgIpc) is 3.22. The number of aliphatic imine (C=N–C) groups is 1. The van der Waals surface area contributed by atoms with E-state index in [9.17, 15) is 4.79 Å². The van der Waals surface area contributed by atoms with Crippen LogP contribution in [-0.2, 0) is 17.9 Å². The van der Waals surface area contributed by atoms with Gasteiger partial charge >= 0.3 is 0 Å². The second-order valence-corrected chi connectivity index (χ2v) is 8.05. The molecule has 0 saturated carbocycles. The average molecular weight is 422 g/mol. The molecule has 0 aromatic heterocycles. The molecule has 1 aliphatic heterocycles. The van der Waals surface area contributed by atoms with E-state index in [1.54, 1.807) is 7.05 Å². The van der Waals surface area contributed by atoms with Crippen molar-refractivity contribution in [1.29, 1.82) is 0 Å². The Labute approximate surface area is 186 Å². The summed E-state index contributed by atoms with van der Waals surface area (Å²) in [5, 5.41) is 9.80. The molecule has 6 nitrogen and oxygen atoms in total. The lowest BCUT2D eigenvalue weighted by molar-refractivity contribution is -0.116. The first-order chi connectivity index (χ1) is 15.2. The molecule has 0 spiro atoms. The molecule has 6 heteroatoms. The maximum absolute atomic E-state index is 11.7. The standard InChI is InChI=1S/C25H35N5O/c1-3-8-24(31)29-22-14-12-20(13-15-22)17-27-25(26-2)28-18-23-11-7-16-30(23)19-21-9-5-4-6-10-21/h4-6,9-10,12-15,23H,3,7-8,11,16-19H2,1-2H3,(H,29,31)(H2,26,27,28). The topological polar surface area (TPSA) is 68.8 Å². The summed E-state index contributed by atoms with van der Waals surface area (Å²) in [5.41, 5.74) is 3.35. The van der Waals surface area contributed by atoms with Gasteiger partial charge in [-0.2, -0.15) is 0 Å². The molecule has 0 bridgehead atoms. The molecule has 1 saturated heterocycles. The number of hydrogen-bond acceptors (Lipinski definition) is 3. The number of anilines is 1. The zero-order valence-corrected chi connectivity index (χ0v) is 18.7. The molecular formula is C25H35N5O. The van der Waals surface area contributed by atoms with Gasteiger partial charge < -0.3 is 16.0 Å². The van der Waals surface area contributed by atoms with Gasteiger partial charge in [-0.3, -0.25) is 14.7 Å². The van der Waals surface area contributed by atoms with Gasteiger partial charge in [0.15, 0.2) is 5.96 Å². The van der Waals surface area contributed by atoms with Crippen LogP contribution in [0.3, 0.4) is 0 Å². The number of amides is 1. The van der Waals surface area contributed by atoms with E-state index < -0.39 is 0 Å². The van der Waals surface area contributed by atoms with Crippen molar-refractivity contribution in [3.8, 4) is 0 Å². The highest BCUT2D eigenvalue weighted by Crippen LogP contribution is 2.19. The van der Waals surface area contributed by atoms with Crippen molar-refractivity contribution in [2.24, 2.45) is 4.99 Å². The van der Waals surface area contributed by atoms with Crippen LogP contribution in [-0.4, -0.2) is 42.9 Å². The van der Waals surface area contributed by atoms with Crippen LogP contribution in [0.2, 0.25) is 0 Å². The largest absolute Gasteiger partial charge is 0.355 e. The summed E-state index contributed by atoms with van der Waals surface area (Å²) in [6.45, 7) is 5.72. The number of rotatable bonds is 9. The summed E-state index contributed by atoms with van der Waals surface area (Å²) in [7, 11) is 1.80. The maximum atomic E-state index is 11.7. The normalized spacial score (nSPS) is 16.8. The van der Waals surface area contributed by atoms with Gasteiger partial charge in [0.2, 0.25) is 5.91 Å². The zero-order valence-electron chi connectivity index (χ0n) is 18.7. The van der Waals surface area contributed by atoms with Gasteiger partial charge in [0.05, 0.1) is 0 Å². The number of nitrogens with zero attached hydrogens (tertiary/aromatic N) is 2. The van der Waals surface area contributed by atoms with Crippen molar-refractivity contribution in [3.63, 3.8) is 0 Å². The first-order valence-corrected chi connectivity index (χ1v) is 11.3. The van der Waals surface area contributed by atoms with E-state index in [-0.39, 0.29) is 5.91 Å². The molecular weight excluding hydrogens is 386 g/mol. The molecule has 1 atom stereocenters. The summed E-state index contributed by atoms with van der Waals surface area (Å²) >= 11 is 0. The number of carbonyl (C=O) groups excluding carboxylic acids is 1. The van der Waals surface area contributed by atoms with E-state index in [0.29, 0.717) is 19.0 Å². The minimum absolute atomic E-state index is 0.0613. The third kappa shape index (κ3) is 7.40. The van der Waals surface area contributed by atoms with Gasteiger partial charge in [0.1, 0.15) is 0 Å². The van der Waals surface area contributed by atoms with Crippen LogP contribution >= 0.6 is 0 Å². The van der Waals surface area contributed by atoms with Crippen LogP contribution in [0.4, 0.5) is 5.69 Å². The lowest BCUT2D eigenvalue weighted by Gasteiger charge is -2.25. The van der Waals surface area contributed by atoms with Crippen LogP contribution < -0.4 is 16.0 Å². The highest BCUT2D eigenvalue weighted by molar-refractivity contribution is 5.90. The molecule has 1 unspecified atom stereocenters. The molecule has 1 aliphatic rings. The number of likely N-dealkylation sites (tertiary alicyclic amines) is 1. The first kappa shape index (κ1) is 22.8. The second kappa shape index (κ2) is 12.1. The fourth-order valence-corrected chi connectivity index (χ4v) is 3.93. The molecule has 166 valence electrons. The quantitative estimate of drug-likeness (QED) is 0.426. The number of hydrogen-bond donors (Lipinski definition) is 3. The molecule has 1 fully saturated rings. The minimum Gasteiger partial charge on any atom is -0.355 e. The van der Waals surface area contributed by atoms with Crippen LogP contribution in [0.5, 0.6) is 0 Å². The molecule has 2 aromatic rings. The van der Waals surface area contributed by atoms with Crippen molar-refractivity contribution in [2.75, 3.05) is 25.5 Å². The Kier molecular flexibility index (Phi) is 8.91. The number of carbonyl (C=O) groups is 1. The van der Waals surface area contributed by atoms with Gasteiger partial charge in [-0.15, -0.1) is 0 Å². The number of benzene rings is 2. The third-order valence-electron chi connectivity index (χ3n) is 5.63. The van der Waals surface area contributed by atoms with Crippen molar-refractivity contribution in [2.45, 2.75) is 51.7 Å². The van der Waals surface area contributed by atoms with E-state index in [1.807, 2.05) is 31.2 Å². The van der Waals surface area contributed by atoms with Gasteiger partial charge in [-0.25, -0.2) is 0 Å². The van der Waals surface area contributed by atoms with Gasteiger partial charge in [0, 0.05) is 44.8 Å². The Morgan fingerprint density at radius 3 is 2.55 bits per heavy atom. The maximum Gasteiger partial charge on any atom is 0.224 e. The molecule has 2 aromatic carbocycles. The fourth-order valence-electron chi connectivity index (χ4n) is 3.93. The molecule has 3 rings (SSSR count). The Hall–Kier alpha value is -2.86. The SMILES string of the molecule is CCCC(=O)Nc1ccc(CNC(=NC)NCC2CCCN2Cc2ccccc2)cc1. The summed E-state index contributed by atoms with van der Waals surface area (Å²) in [5.74, 6) is 0.873. The Bertz CT molecular complexity index is 835. The number of nitrogens with one attached hydrogen (secondary N) is 3. The first-order valence-electron chi connectivity index (χ1n) is 11.3. The Balaban J connectivity index is 1.43. The van der Waals surface area contributed by atoms with E-state index in [1.165, 1.54) is 18.4 Å². The number of guanidine groups is 1. The van der Waals surface area contributed by atoms with Crippen molar-refractivity contribution < 1.29 is 4.79 Å². The van der Waals surface area contributed by atoms with Crippen LogP contribution in [0.15, 0.2) is 59.6 Å². The predicted octanol–water partition coefficient (Wildman–Crippen LogP) is 3.75. The molecule has 0 aliphatic carbocycles. The zero-order chi connectivity index (χ0) is 21.9. The fraction of sp³-hybridized carbons (Fsp3) is 0.440. The van der Waals surface area contributed by atoms with E-state index in [2.05, 4.69) is 56.2 Å². The summed E-state index contributed by atoms with van der Waals surface area (Å²) in [4.78, 5) is 18.6. The Morgan fingerprint density at radius 1 is 1.06 bits per heavy atom. The second-order valence-electron chi connectivity index (χ2n) is 8.05. The van der Waals surface area contributed by atoms with Crippen LogP contribution in [0.25, 0.3) is 0 Å². The van der Waals surface area contributed by atoms with Crippen LogP contribution in [0.1, 0.15) is 43.7 Å². The Morgan fingerprint density at radius 2 is 1.84 bits per heavy atom. The van der Waals surface area contributed by atoms with E-state index in [0.717, 1.165) is 43.3 Å². The van der Waals surface area contributed by atoms with Gasteiger partial charge in [0.25, 0.3) is 0 Å². The predicted molar refractivity (Wildman–Crippen MR) is 128 cm³/mol. The van der Waals surface area contributed by atoms with Crippen molar-refractivity contribution in [3.05, 3.63) is 65.7 Å². The summed E-state index contributed by atoms with van der Waals surface area (Å²) < 4.78 is 0. The van der Waals surface area contributed by atoms with Gasteiger partial charge in [-0.05, 0) is 49.1 Å². The van der Waals surface area contributed by atoms with Crippen LogP contribution in [0, 0.1) is 0 Å². The monoisotopic (exact) mass is 421 g/mol. The molecule has 1 amide bonds. The van der Waals surface area contributed by atoms with E-state index in [4.69, 9.17) is 0 Å². The third-order valence-corrected chi connectivity index (χ3v) is 5.63. The minimum atomic E-state index is 0.0613. The van der Waals surface area contributed by atoms with Crippen molar-refractivity contribution >= 4 is 17.6 Å². The summed E-state index contributed by atoms with van der Waals surface area (Å²) in [6, 6.07) is 19.1. The van der Waals surface area contributed by atoms with E-state index >= 15 is 0 Å². The molecule has 0 radical (unpaired) electrons. The van der Waals surface area contributed by atoms with Gasteiger partial charge in [-0.1, -0.05) is 49.4 Å². The highest BCUT2D eigenvalue weighted by Gasteiger charge is 2.24. The molecule has 3 N–H and O–H groups in total.